The fourth-order valence-electron chi connectivity index (χ4n) is 3.70. The average molecular weight is 416 g/mol. The molecule has 1 aliphatic heterocycles. The van der Waals surface area contributed by atoms with Gasteiger partial charge in [0.05, 0.1) is 11.5 Å². The molecule has 2 aromatic rings. The van der Waals surface area contributed by atoms with E-state index in [0.29, 0.717) is 13.1 Å². The van der Waals surface area contributed by atoms with E-state index in [-0.39, 0.29) is 17.4 Å². The van der Waals surface area contributed by atoms with Gasteiger partial charge < -0.3 is 10.2 Å². The molecule has 0 saturated carbocycles. The minimum Gasteiger partial charge on any atom is -0.372 e. The van der Waals surface area contributed by atoms with Crippen LogP contribution in [0.2, 0.25) is 0 Å². The van der Waals surface area contributed by atoms with Crippen molar-refractivity contribution in [3.05, 3.63) is 60.2 Å². The van der Waals surface area contributed by atoms with Gasteiger partial charge in [0.15, 0.2) is 9.84 Å². The van der Waals surface area contributed by atoms with E-state index in [0.717, 1.165) is 30.0 Å². The zero-order valence-electron chi connectivity index (χ0n) is 17.0. The van der Waals surface area contributed by atoms with E-state index < -0.39 is 15.9 Å². The Hall–Kier alpha value is -2.38. The first-order chi connectivity index (χ1) is 13.9. The Morgan fingerprint density at radius 1 is 1.00 bits per heavy atom. The van der Waals surface area contributed by atoms with Crippen LogP contribution in [0, 0.1) is 0 Å². The second kappa shape index (κ2) is 9.41. The Kier molecular flexibility index (Phi) is 6.92. The van der Waals surface area contributed by atoms with Gasteiger partial charge in [-0.1, -0.05) is 30.3 Å². The van der Waals surface area contributed by atoms with E-state index in [4.69, 9.17) is 0 Å². The van der Waals surface area contributed by atoms with E-state index in [2.05, 4.69) is 24.1 Å². The predicted octanol–water partition coefficient (Wildman–Crippen LogP) is 2.94. The monoisotopic (exact) mass is 415 g/mol. The molecule has 6 nitrogen and oxygen atoms in total. The number of hydrogen-bond donors (Lipinski definition) is 1. The molecule has 156 valence electrons. The smallest absolute Gasteiger partial charge is 0.246 e. The first-order valence-corrected chi connectivity index (χ1v) is 11.9. The summed E-state index contributed by atoms with van der Waals surface area (Å²) >= 11 is 0. The van der Waals surface area contributed by atoms with Gasteiger partial charge in [-0.2, -0.15) is 0 Å². The van der Waals surface area contributed by atoms with E-state index in [1.807, 2.05) is 59.5 Å². The fourth-order valence-corrected chi connectivity index (χ4v) is 4.93. The number of hydrogen-bond acceptors (Lipinski definition) is 5. The molecular formula is C22H29N3O3S. The number of carbonyl (C=O) groups excluding carboxylic acids is 1. The first kappa shape index (κ1) is 21.3. The molecular weight excluding hydrogens is 386 g/mol. The minimum absolute atomic E-state index is 0.0855. The molecule has 2 aromatic carbocycles. The van der Waals surface area contributed by atoms with Crippen molar-refractivity contribution in [2.45, 2.75) is 19.9 Å². The molecule has 1 N–H and O–H groups in total. The Bertz CT molecular complexity index is 896. The van der Waals surface area contributed by atoms with Crippen LogP contribution < -0.4 is 10.2 Å². The molecule has 1 saturated heterocycles. The summed E-state index contributed by atoms with van der Waals surface area (Å²) < 4.78 is 23.6. The number of amides is 1. The van der Waals surface area contributed by atoms with Crippen molar-refractivity contribution in [2.24, 2.45) is 0 Å². The van der Waals surface area contributed by atoms with Gasteiger partial charge in [-0.15, -0.1) is 0 Å². The van der Waals surface area contributed by atoms with Crippen LogP contribution in [0.3, 0.4) is 0 Å². The average Bonchev–Trinajstić information content (AvgIpc) is 2.72. The topological polar surface area (TPSA) is 69.7 Å². The summed E-state index contributed by atoms with van der Waals surface area (Å²) in [7, 11) is -3.01. The van der Waals surface area contributed by atoms with Crippen LogP contribution in [0.5, 0.6) is 0 Å². The molecule has 0 aliphatic carbocycles. The molecule has 0 bridgehead atoms. The van der Waals surface area contributed by atoms with Crippen LogP contribution >= 0.6 is 0 Å². The molecule has 7 heteroatoms. The fraction of sp³-hybridized carbons (Fsp3) is 0.409. The van der Waals surface area contributed by atoms with Gasteiger partial charge in [0.25, 0.3) is 0 Å². The lowest BCUT2D eigenvalue weighted by atomic mass is 10.0. The lowest BCUT2D eigenvalue weighted by Crippen LogP contribution is -2.46. The third kappa shape index (κ3) is 5.36. The lowest BCUT2D eigenvalue weighted by Gasteiger charge is -2.33. The second-order valence-electron chi connectivity index (χ2n) is 7.21. The van der Waals surface area contributed by atoms with Crippen molar-refractivity contribution in [1.29, 1.82) is 0 Å². The molecule has 1 amide bonds. The van der Waals surface area contributed by atoms with Gasteiger partial charge in [0, 0.05) is 37.6 Å². The standard InChI is InChI=1S/C22H29N3O3S/c1-3-24(4-2)20-12-10-19(11-13-20)23-22(26)21(18-8-6-5-7-9-18)25-14-16-29(27,28)17-15-25/h5-13,21H,3-4,14-17H2,1-2H3,(H,23,26). The van der Waals surface area contributed by atoms with Crippen LogP contribution in [0.4, 0.5) is 11.4 Å². The zero-order chi connectivity index (χ0) is 20.9. The summed E-state index contributed by atoms with van der Waals surface area (Å²) in [5.41, 5.74) is 2.72. The molecule has 1 fully saturated rings. The van der Waals surface area contributed by atoms with Crippen LogP contribution in [-0.4, -0.2) is 56.9 Å². The summed E-state index contributed by atoms with van der Waals surface area (Å²) in [6, 6.07) is 16.8. The second-order valence-corrected chi connectivity index (χ2v) is 9.51. The number of nitrogens with zero attached hydrogens (tertiary/aromatic N) is 2. The number of carbonyl (C=O) groups is 1. The van der Waals surface area contributed by atoms with Crippen LogP contribution in [-0.2, 0) is 14.6 Å². The van der Waals surface area contributed by atoms with E-state index >= 15 is 0 Å². The van der Waals surface area contributed by atoms with Gasteiger partial charge in [-0.25, -0.2) is 8.42 Å². The van der Waals surface area contributed by atoms with Crippen molar-refractivity contribution in [1.82, 2.24) is 4.90 Å². The van der Waals surface area contributed by atoms with Gasteiger partial charge in [-0.05, 0) is 43.7 Å². The number of anilines is 2. The van der Waals surface area contributed by atoms with E-state index in [9.17, 15) is 13.2 Å². The number of benzene rings is 2. The molecule has 0 radical (unpaired) electrons. The van der Waals surface area contributed by atoms with Gasteiger partial charge in [-0.3, -0.25) is 9.69 Å². The highest BCUT2D eigenvalue weighted by Gasteiger charge is 2.32. The zero-order valence-corrected chi connectivity index (χ0v) is 17.9. The summed E-state index contributed by atoms with van der Waals surface area (Å²) in [5.74, 6) is 0.0239. The van der Waals surface area contributed by atoms with Crippen LogP contribution in [0.25, 0.3) is 0 Å². The van der Waals surface area contributed by atoms with Crippen molar-refractivity contribution in [2.75, 3.05) is 47.9 Å². The summed E-state index contributed by atoms with van der Waals surface area (Å²) in [5, 5.41) is 3.01. The highest BCUT2D eigenvalue weighted by molar-refractivity contribution is 7.91. The van der Waals surface area contributed by atoms with Crippen molar-refractivity contribution in [3.8, 4) is 0 Å². The highest BCUT2D eigenvalue weighted by Crippen LogP contribution is 2.25. The lowest BCUT2D eigenvalue weighted by molar-refractivity contribution is -0.121. The number of rotatable bonds is 7. The summed E-state index contributed by atoms with van der Waals surface area (Å²) in [6.45, 7) is 6.80. The molecule has 1 heterocycles. The van der Waals surface area contributed by atoms with E-state index in [1.54, 1.807) is 0 Å². The Morgan fingerprint density at radius 3 is 2.14 bits per heavy atom. The molecule has 0 aromatic heterocycles. The maximum Gasteiger partial charge on any atom is 0.246 e. The van der Waals surface area contributed by atoms with Crippen molar-refractivity contribution in [3.63, 3.8) is 0 Å². The molecule has 3 rings (SSSR count). The van der Waals surface area contributed by atoms with Gasteiger partial charge in [0.2, 0.25) is 5.91 Å². The van der Waals surface area contributed by atoms with E-state index in [1.165, 1.54) is 0 Å². The third-order valence-electron chi connectivity index (χ3n) is 5.37. The maximum absolute atomic E-state index is 13.2. The predicted molar refractivity (Wildman–Crippen MR) is 118 cm³/mol. The maximum atomic E-state index is 13.2. The SMILES string of the molecule is CCN(CC)c1ccc(NC(=O)C(c2ccccc2)N2CCS(=O)(=O)CC2)cc1. The normalized spacial score (nSPS) is 17.4. The summed E-state index contributed by atoms with van der Waals surface area (Å²) in [4.78, 5) is 17.4. The van der Waals surface area contributed by atoms with Crippen LogP contribution in [0.1, 0.15) is 25.5 Å². The number of sulfone groups is 1. The molecule has 1 atom stereocenters. The molecule has 1 aliphatic rings. The quantitative estimate of drug-likeness (QED) is 0.753. The van der Waals surface area contributed by atoms with Gasteiger partial charge in [0.1, 0.15) is 6.04 Å². The van der Waals surface area contributed by atoms with Crippen molar-refractivity contribution < 1.29 is 13.2 Å². The first-order valence-electron chi connectivity index (χ1n) is 10.1. The van der Waals surface area contributed by atoms with Crippen molar-refractivity contribution >= 4 is 27.1 Å². The third-order valence-corrected chi connectivity index (χ3v) is 6.98. The molecule has 29 heavy (non-hydrogen) atoms. The highest BCUT2D eigenvalue weighted by atomic mass is 32.2. The van der Waals surface area contributed by atoms with Gasteiger partial charge >= 0.3 is 0 Å². The molecule has 1 unspecified atom stereocenters. The number of nitrogens with one attached hydrogen (secondary N) is 1. The minimum atomic E-state index is -3.01. The largest absolute Gasteiger partial charge is 0.372 e. The summed E-state index contributed by atoms with van der Waals surface area (Å²) in [6.07, 6.45) is 0. The Balaban J connectivity index is 1.78. The van der Waals surface area contributed by atoms with Crippen LogP contribution in [0.15, 0.2) is 54.6 Å². The molecule has 0 spiro atoms. The Labute approximate surface area is 173 Å². The Morgan fingerprint density at radius 2 is 1.59 bits per heavy atom.